The van der Waals surface area contributed by atoms with Gasteiger partial charge in [-0.05, 0) is 36.4 Å². The van der Waals surface area contributed by atoms with Gasteiger partial charge in [0, 0.05) is 5.69 Å². The maximum Gasteiger partial charge on any atom is 0.257 e. The molecule has 2 aromatic rings. The van der Waals surface area contributed by atoms with Crippen molar-refractivity contribution in [3.63, 3.8) is 0 Å². The molecule has 0 aliphatic heterocycles. The summed E-state index contributed by atoms with van der Waals surface area (Å²) < 4.78 is 22.7. The van der Waals surface area contributed by atoms with E-state index in [0.717, 1.165) is 6.07 Å². The Morgan fingerprint density at radius 2 is 1.78 bits per heavy atom. The molecule has 118 valence electrons. The van der Waals surface area contributed by atoms with Gasteiger partial charge in [0.05, 0.1) is 26.1 Å². The van der Waals surface area contributed by atoms with E-state index in [9.17, 15) is 13.2 Å². The van der Waals surface area contributed by atoms with Crippen LogP contribution in [0.4, 0.5) is 5.69 Å². The summed E-state index contributed by atoms with van der Waals surface area (Å²) >= 11 is 11.7. The van der Waals surface area contributed by atoms with Gasteiger partial charge in [-0.1, -0.05) is 23.2 Å². The van der Waals surface area contributed by atoms with Crippen molar-refractivity contribution in [1.29, 1.82) is 5.26 Å². The van der Waals surface area contributed by atoms with Crippen molar-refractivity contribution in [2.24, 2.45) is 5.14 Å². The molecule has 0 saturated heterocycles. The number of amides is 1. The molecule has 0 radical (unpaired) electrons. The lowest BCUT2D eigenvalue weighted by molar-refractivity contribution is 0.102. The maximum absolute atomic E-state index is 12.3. The zero-order valence-corrected chi connectivity index (χ0v) is 13.7. The first-order valence-corrected chi connectivity index (χ1v) is 8.36. The van der Waals surface area contributed by atoms with E-state index in [-0.39, 0.29) is 26.1 Å². The third kappa shape index (κ3) is 4.00. The summed E-state index contributed by atoms with van der Waals surface area (Å²) in [4.78, 5) is 12.0. The van der Waals surface area contributed by atoms with Crippen molar-refractivity contribution in [1.82, 2.24) is 0 Å². The minimum atomic E-state index is -3.96. The number of nitrogens with zero attached hydrogens (tertiary/aromatic N) is 1. The third-order valence-electron chi connectivity index (χ3n) is 2.86. The van der Waals surface area contributed by atoms with E-state index in [0.29, 0.717) is 5.69 Å². The zero-order chi connectivity index (χ0) is 17.2. The highest BCUT2D eigenvalue weighted by molar-refractivity contribution is 7.89. The van der Waals surface area contributed by atoms with Gasteiger partial charge in [0.25, 0.3) is 5.91 Å². The molecule has 3 N–H and O–H groups in total. The van der Waals surface area contributed by atoms with Crippen LogP contribution in [0, 0.1) is 11.3 Å². The van der Waals surface area contributed by atoms with E-state index in [1.54, 1.807) is 0 Å². The average molecular weight is 370 g/mol. The van der Waals surface area contributed by atoms with E-state index in [4.69, 9.17) is 33.6 Å². The fourth-order valence-electron chi connectivity index (χ4n) is 1.74. The number of rotatable bonds is 3. The molecule has 9 heteroatoms. The number of sulfonamides is 1. The summed E-state index contributed by atoms with van der Waals surface area (Å²) in [5.74, 6) is -0.647. The number of nitrogens with two attached hydrogens (primary N) is 1. The Kier molecular flexibility index (Phi) is 4.92. The lowest BCUT2D eigenvalue weighted by atomic mass is 10.2. The van der Waals surface area contributed by atoms with Gasteiger partial charge < -0.3 is 5.32 Å². The first kappa shape index (κ1) is 17.2. The number of primary sulfonamides is 1. The lowest BCUT2D eigenvalue weighted by Gasteiger charge is -2.09. The molecule has 0 bridgehead atoms. The molecule has 0 aromatic heterocycles. The normalized spacial score (nSPS) is 10.9. The summed E-state index contributed by atoms with van der Waals surface area (Å²) in [7, 11) is -3.96. The van der Waals surface area contributed by atoms with Crippen LogP contribution >= 0.6 is 23.2 Å². The quantitative estimate of drug-likeness (QED) is 0.865. The van der Waals surface area contributed by atoms with E-state index in [2.05, 4.69) is 5.32 Å². The second-order valence-electron chi connectivity index (χ2n) is 4.45. The van der Waals surface area contributed by atoms with Crippen LogP contribution in [-0.4, -0.2) is 14.3 Å². The van der Waals surface area contributed by atoms with E-state index in [1.807, 2.05) is 6.07 Å². The van der Waals surface area contributed by atoms with Gasteiger partial charge in [-0.15, -0.1) is 0 Å². The summed E-state index contributed by atoms with van der Waals surface area (Å²) in [6.07, 6.45) is 0. The molecule has 0 spiro atoms. The number of halogens is 2. The summed E-state index contributed by atoms with van der Waals surface area (Å²) in [5, 5.41) is 16.8. The molecule has 0 fully saturated rings. The van der Waals surface area contributed by atoms with Crippen molar-refractivity contribution in [2.45, 2.75) is 4.90 Å². The van der Waals surface area contributed by atoms with Gasteiger partial charge in [-0.25, -0.2) is 13.6 Å². The second kappa shape index (κ2) is 6.56. The van der Waals surface area contributed by atoms with Gasteiger partial charge in [0.2, 0.25) is 10.0 Å². The summed E-state index contributed by atoms with van der Waals surface area (Å²) in [6, 6.07) is 9.76. The highest BCUT2D eigenvalue weighted by atomic mass is 35.5. The number of carbonyl (C=O) groups excluding carboxylic acids is 1. The predicted octanol–water partition coefficient (Wildman–Crippen LogP) is 2.76. The van der Waals surface area contributed by atoms with Gasteiger partial charge in [0.1, 0.15) is 6.07 Å². The molecule has 0 atom stereocenters. The van der Waals surface area contributed by atoms with Gasteiger partial charge >= 0.3 is 0 Å². The smallest absolute Gasteiger partial charge is 0.257 e. The van der Waals surface area contributed by atoms with Crippen molar-refractivity contribution in [2.75, 3.05) is 5.32 Å². The highest BCUT2D eigenvalue weighted by Crippen LogP contribution is 2.23. The zero-order valence-electron chi connectivity index (χ0n) is 11.4. The minimum absolute atomic E-state index is 0.0596. The fraction of sp³-hybridized carbons (Fsp3) is 0. The van der Waals surface area contributed by atoms with Gasteiger partial charge in [0.15, 0.2) is 0 Å². The largest absolute Gasteiger partial charge is 0.322 e. The molecule has 0 aliphatic rings. The van der Waals surface area contributed by atoms with Crippen molar-refractivity contribution in [3.05, 3.63) is 57.6 Å². The number of nitrogens with one attached hydrogen (secondary N) is 1. The maximum atomic E-state index is 12.3. The van der Waals surface area contributed by atoms with Crippen LogP contribution in [0.25, 0.3) is 0 Å². The van der Waals surface area contributed by atoms with Crippen LogP contribution in [0.3, 0.4) is 0 Å². The highest BCUT2D eigenvalue weighted by Gasteiger charge is 2.16. The number of hydrogen-bond donors (Lipinski definition) is 2. The number of benzene rings is 2. The van der Waals surface area contributed by atoms with Crippen LogP contribution in [0.1, 0.15) is 15.9 Å². The molecular weight excluding hydrogens is 361 g/mol. The van der Waals surface area contributed by atoms with E-state index >= 15 is 0 Å². The topological polar surface area (TPSA) is 113 Å². The fourth-order valence-corrected chi connectivity index (χ4v) is 2.65. The molecule has 6 nitrogen and oxygen atoms in total. The Hall–Kier alpha value is -2.11. The Morgan fingerprint density at radius 3 is 2.39 bits per heavy atom. The van der Waals surface area contributed by atoms with Crippen LogP contribution < -0.4 is 10.5 Å². The first-order chi connectivity index (χ1) is 10.7. The van der Waals surface area contributed by atoms with Crippen molar-refractivity contribution < 1.29 is 13.2 Å². The van der Waals surface area contributed by atoms with E-state index in [1.165, 1.54) is 30.3 Å². The summed E-state index contributed by atoms with van der Waals surface area (Å²) in [6.45, 7) is 0. The second-order valence-corrected chi connectivity index (χ2v) is 6.82. The molecule has 23 heavy (non-hydrogen) atoms. The SMILES string of the molecule is N#Cc1cc(NC(=O)c2cc(S(N)(=O)=O)ccc2Cl)ccc1Cl. The summed E-state index contributed by atoms with van der Waals surface area (Å²) in [5.41, 5.74) is 0.438. The van der Waals surface area contributed by atoms with Crippen LogP contribution in [0.5, 0.6) is 0 Å². The molecular formula is C14H9Cl2N3O3S. The Bertz CT molecular complexity index is 937. The standard InChI is InChI=1S/C14H9Cl2N3O3S/c15-12-3-1-9(5-8(12)7-17)19-14(20)11-6-10(23(18,21)22)2-4-13(11)16/h1-6H,(H,19,20)(H2,18,21,22). The monoisotopic (exact) mass is 369 g/mol. The van der Waals surface area contributed by atoms with Crippen molar-refractivity contribution in [3.8, 4) is 6.07 Å². The average Bonchev–Trinajstić information content (AvgIpc) is 2.48. The van der Waals surface area contributed by atoms with Crippen molar-refractivity contribution >= 4 is 44.8 Å². The Labute approximate surface area is 142 Å². The van der Waals surface area contributed by atoms with Crippen LogP contribution in [-0.2, 0) is 10.0 Å². The molecule has 0 aliphatic carbocycles. The third-order valence-corrected chi connectivity index (χ3v) is 4.43. The molecule has 0 unspecified atom stereocenters. The van der Waals surface area contributed by atoms with E-state index < -0.39 is 15.9 Å². The van der Waals surface area contributed by atoms with Gasteiger partial charge in [-0.3, -0.25) is 4.79 Å². The molecule has 0 heterocycles. The van der Waals surface area contributed by atoms with Crippen LogP contribution in [0.2, 0.25) is 10.0 Å². The first-order valence-electron chi connectivity index (χ1n) is 6.05. The molecule has 0 saturated carbocycles. The number of hydrogen-bond acceptors (Lipinski definition) is 4. The minimum Gasteiger partial charge on any atom is -0.322 e. The lowest BCUT2D eigenvalue weighted by Crippen LogP contribution is -2.16. The van der Waals surface area contributed by atoms with Crippen LogP contribution in [0.15, 0.2) is 41.3 Å². The predicted molar refractivity (Wildman–Crippen MR) is 86.9 cm³/mol. The number of carbonyl (C=O) groups is 1. The number of anilines is 1. The molecule has 2 aromatic carbocycles. The Morgan fingerprint density at radius 1 is 1.13 bits per heavy atom. The number of nitriles is 1. The molecule has 1 amide bonds. The molecule has 2 rings (SSSR count). The Balaban J connectivity index is 2.37. The van der Waals surface area contributed by atoms with Gasteiger partial charge in [-0.2, -0.15) is 5.26 Å².